The summed E-state index contributed by atoms with van der Waals surface area (Å²) in [5, 5.41) is 3.83. The molecule has 1 heterocycles. The maximum Gasteiger partial charge on any atom is 0.258 e. The van der Waals surface area contributed by atoms with Crippen molar-refractivity contribution in [2.45, 2.75) is 13.8 Å². The molecular weight excluding hydrogens is 220 g/mol. The first-order valence-electron chi connectivity index (χ1n) is 5.34. The highest BCUT2D eigenvalue weighted by molar-refractivity contribution is 6.07. The Morgan fingerprint density at radius 1 is 1.35 bits per heavy atom. The van der Waals surface area contributed by atoms with E-state index in [-0.39, 0.29) is 0 Å². The molecule has 0 radical (unpaired) electrons. The number of primary amides is 1. The Kier molecular flexibility index (Phi) is 2.99. The Morgan fingerprint density at radius 2 is 2.12 bits per heavy atom. The number of carbonyl (C=O) groups is 1. The number of benzene rings is 1. The molecule has 1 aromatic carbocycles. The average Bonchev–Trinajstić information content (AvgIpc) is 2.33. The summed E-state index contributed by atoms with van der Waals surface area (Å²) in [5.74, 6) is -0.175. The largest absolute Gasteiger partial charge is 0.471 e. The van der Waals surface area contributed by atoms with E-state index < -0.39 is 5.91 Å². The van der Waals surface area contributed by atoms with Crippen LogP contribution >= 0.6 is 0 Å². The van der Waals surface area contributed by atoms with Gasteiger partial charge in [0.05, 0.1) is 11.1 Å². The molecule has 0 unspecified atom stereocenters. The van der Waals surface area contributed by atoms with E-state index in [2.05, 4.69) is 5.16 Å². The van der Waals surface area contributed by atoms with Crippen LogP contribution in [0.3, 0.4) is 0 Å². The lowest BCUT2D eigenvalue weighted by Crippen LogP contribution is -2.23. The molecule has 2 rings (SSSR count). The molecule has 1 aliphatic rings. The van der Waals surface area contributed by atoms with Crippen molar-refractivity contribution in [2.75, 3.05) is 13.2 Å². The summed E-state index contributed by atoms with van der Waals surface area (Å²) >= 11 is 0. The molecule has 0 spiro atoms. The Morgan fingerprint density at radius 3 is 2.71 bits per heavy atom. The SMILES string of the molecule is Cc1ccc(C(N)=O)c(C2=NOCCO2)c1C. The summed E-state index contributed by atoms with van der Waals surface area (Å²) in [4.78, 5) is 16.4. The van der Waals surface area contributed by atoms with Gasteiger partial charge in [0.25, 0.3) is 5.90 Å². The topological polar surface area (TPSA) is 73.9 Å². The lowest BCUT2D eigenvalue weighted by Gasteiger charge is -2.18. The van der Waals surface area contributed by atoms with Gasteiger partial charge in [0.1, 0.15) is 6.61 Å². The van der Waals surface area contributed by atoms with Crippen molar-refractivity contribution in [3.63, 3.8) is 0 Å². The standard InChI is InChI=1S/C12H14N2O3/c1-7-3-4-9(11(13)15)10(8(7)2)12-14-17-6-5-16-12/h3-4H,5-6H2,1-2H3,(H2,13,15). The van der Waals surface area contributed by atoms with Gasteiger partial charge in [-0.3, -0.25) is 4.79 Å². The molecule has 0 aliphatic carbocycles. The second-order valence-electron chi connectivity index (χ2n) is 3.87. The molecule has 1 aliphatic heterocycles. The normalized spacial score (nSPS) is 14.6. The van der Waals surface area contributed by atoms with Crippen LogP contribution in [0.5, 0.6) is 0 Å². The van der Waals surface area contributed by atoms with Crippen molar-refractivity contribution in [2.24, 2.45) is 10.9 Å². The van der Waals surface area contributed by atoms with E-state index in [0.29, 0.717) is 30.2 Å². The number of hydrogen-bond donors (Lipinski definition) is 1. The summed E-state index contributed by atoms with van der Waals surface area (Å²) in [7, 11) is 0. The number of nitrogens with zero attached hydrogens (tertiary/aromatic N) is 1. The highest BCUT2D eigenvalue weighted by Crippen LogP contribution is 2.20. The first-order valence-corrected chi connectivity index (χ1v) is 5.34. The van der Waals surface area contributed by atoms with Crippen LogP contribution in [0.4, 0.5) is 0 Å². The van der Waals surface area contributed by atoms with Crippen molar-refractivity contribution in [1.29, 1.82) is 0 Å². The van der Waals surface area contributed by atoms with Crippen LogP contribution in [-0.2, 0) is 9.57 Å². The van der Waals surface area contributed by atoms with Gasteiger partial charge in [-0.25, -0.2) is 0 Å². The molecule has 0 saturated carbocycles. The number of amides is 1. The monoisotopic (exact) mass is 234 g/mol. The van der Waals surface area contributed by atoms with Crippen LogP contribution in [0.2, 0.25) is 0 Å². The van der Waals surface area contributed by atoms with Crippen LogP contribution in [0.15, 0.2) is 17.3 Å². The molecule has 0 atom stereocenters. The highest BCUT2D eigenvalue weighted by Gasteiger charge is 2.21. The molecule has 1 aromatic rings. The summed E-state index contributed by atoms with van der Waals surface area (Å²) in [6, 6.07) is 3.53. The number of carbonyl (C=O) groups excluding carboxylic acids is 1. The zero-order valence-corrected chi connectivity index (χ0v) is 9.82. The lowest BCUT2D eigenvalue weighted by atomic mass is 9.97. The summed E-state index contributed by atoms with van der Waals surface area (Å²) in [5.41, 5.74) is 8.34. The van der Waals surface area contributed by atoms with Gasteiger partial charge in [0, 0.05) is 0 Å². The third-order valence-corrected chi connectivity index (χ3v) is 2.78. The fourth-order valence-electron chi connectivity index (χ4n) is 1.72. The Labute approximate surface area is 99.2 Å². The maximum atomic E-state index is 11.4. The Hall–Kier alpha value is -2.04. The van der Waals surface area contributed by atoms with Crippen LogP contribution in [-0.4, -0.2) is 25.0 Å². The average molecular weight is 234 g/mol. The molecular formula is C12H14N2O3. The van der Waals surface area contributed by atoms with Crippen molar-refractivity contribution < 1.29 is 14.4 Å². The van der Waals surface area contributed by atoms with Gasteiger partial charge in [0.15, 0.2) is 6.61 Å². The molecule has 0 bridgehead atoms. The van der Waals surface area contributed by atoms with Gasteiger partial charge in [-0.15, -0.1) is 0 Å². The first-order chi connectivity index (χ1) is 8.11. The van der Waals surface area contributed by atoms with Crippen molar-refractivity contribution in [1.82, 2.24) is 0 Å². The van der Waals surface area contributed by atoms with Crippen molar-refractivity contribution in [3.05, 3.63) is 34.4 Å². The zero-order valence-electron chi connectivity index (χ0n) is 9.82. The quantitative estimate of drug-likeness (QED) is 0.833. The molecule has 0 fully saturated rings. The van der Waals surface area contributed by atoms with E-state index in [1.165, 1.54) is 0 Å². The summed E-state index contributed by atoms with van der Waals surface area (Å²) in [6.45, 7) is 4.69. The van der Waals surface area contributed by atoms with Gasteiger partial charge in [-0.05, 0) is 36.2 Å². The van der Waals surface area contributed by atoms with E-state index in [4.69, 9.17) is 15.3 Å². The van der Waals surface area contributed by atoms with Gasteiger partial charge in [-0.1, -0.05) is 6.07 Å². The van der Waals surface area contributed by atoms with Crippen molar-refractivity contribution in [3.8, 4) is 0 Å². The molecule has 90 valence electrons. The van der Waals surface area contributed by atoms with Crippen LogP contribution in [0.25, 0.3) is 0 Å². The third-order valence-electron chi connectivity index (χ3n) is 2.78. The number of hydrogen-bond acceptors (Lipinski definition) is 4. The van der Waals surface area contributed by atoms with Gasteiger partial charge >= 0.3 is 0 Å². The minimum Gasteiger partial charge on any atom is -0.471 e. The Bertz CT molecular complexity index is 495. The number of nitrogens with two attached hydrogens (primary N) is 1. The first kappa shape index (κ1) is 11.4. The van der Waals surface area contributed by atoms with E-state index in [1.54, 1.807) is 6.07 Å². The molecule has 17 heavy (non-hydrogen) atoms. The minimum atomic E-state index is -0.500. The number of ether oxygens (including phenoxy) is 1. The van der Waals surface area contributed by atoms with Gasteiger partial charge in [-0.2, -0.15) is 0 Å². The minimum absolute atomic E-state index is 0.325. The molecule has 5 heteroatoms. The van der Waals surface area contributed by atoms with Crippen molar-refractivity contribution >= 4 is 11.8 Å². The fourth-order valence-corrected chi connectivity index (χ4v) is 1.72. The van der Waals surface area contributed by atoms with Crippen LogP contribution in [0.1, 0.15) is 27.0 Å². The predicted octanol–water partition coefficient (Wildman–Crippen LogP) is 1.11. The fraction of sp³-hybridized carbons (Fsp3) is 0.333. The third kappa shape index (κ3) is 2.08. The smallest absolute Gasteiger partial charge is 0.258 e. The summed E-state index contributed by atoms with van der Waals surface area (Å²) in [6.07, 6.45) is 0. The van der Waals surface area contributed by atoms with E-state index >= 15 is 0 Å². The number of oxime groups is 1. The second kappa shape index (κ2) is 4.45. The zero-order chi connectivity index (χ0) is 12.4. The van der Waals surface area contributed by atoms with Gasteiger partial charge < -0.3 is 15.3 Å². The van der Waals surface area contributed by atoms with Crippen LogP contribution < -0.4 is 5.73 Å². The summed E-state index contributed by atoms with van der Waals surface area (Å²) < 4.78 is 5.41. The van der Waals surface area contributed by atoms with E-state index in [9.17, 15) is 4.79 Å². The predicted molar refractivity (Wildman–Crippen MR) is 62.9 cm³/mol. The number of rotatable bonds is 2. The van der Waals surface area contributed by atoms with Gasteiger partial charge in [0.2, 0.25) is 5.91 Å². The van der Waals surface area contributed by atoms with Crippen LogP contribution in [0, 0.1) is 13.8 Å². The molecule has 5 nitrogen and oxygen atoms in total. The van der Waals surface area contributed by atoms with E-state index in [0.717, 1.165) is 11.1 Å². The molecule has 0 saturated heterocycles. The van der Waals surface area contributed by atoms with E-state index in [1.807, 2.05) is 19.9 Å². The molecule has 0 aromatic heterocycles. The maximum absolute atomic E-state index is 11.4. The molecule has 1 amide bonds. The number of aryl methyl sites for hydroxylation is 1. The lowest BCUT2D eigenvalue weighted by molar-refractivity contribution is 0.0653. The second-order valence-corrected chi connectivity index (χ2v) is 3.87. The molecule has 2 N–H and O–H groups in total. The highest BCUT2D eigenvalue weighted by atomic mass is 16.7. The Balaban J connectivity index is 2.60.